The van der Waals surface area contributed by atoms with Gasteiger partial charge in [0.1, 0.15) is 11.6 Å². The molecule has 4 rings (SSSR count). The maximum absolute atomic E-state index is 6.23. The summed E-state index contributed by atoms with van der Waals surface area (Å²) >= 11 is 6.23. The van der Waals surface area contributed by atoms with Crippen molar-refractivity contribution in [1.82, 2.24) is 15.3 Å². The summed E-state index contributed by atoms with van der Waals surface area (Å²) in [6, 6.07) is 10.6. The van der Waals surface area contributed by atoms with E-state index in [1.807, 2.05) is 44.6 Å². The number of hydrogen-bond donors (Lipinski definition) is 2. The predicted octanol–water partition coefficient (Wildman–Crippen LogP) is 4.88. The second-order valence-electron chi connectivity index (χ2n) is 8.71. The third-order valence-corrected chi connectivity index (χ3v) is 6.42. The maximum atomic E-state index is 6.23. The van der Waals surface area contributed by atoms with E-state index in [1.54, 1.807) is 14.2 Å². The number of benzene rings is 1. The Kier molecular flexibility index (Phi) is 7.40. The molecule has 1 aliphatic carbocycles. The average Bonchev–Trinajstić information content (AvgIpc) is 2.82. The van der Waals surface area contributed by atoms with Crippen molar-refractivity contribution in [1.29, 1.82) is 0 Å². The summed E-state index contributed by atoms with van der Waals surface area (Å²) in [5.41, 5.74) is 3.08. The lowest BCUT2D eigenvalue weighted by Gasteiger charge is -2.31. The van der Waals surface area contributed by atoms with Crippen molar-refractivity contribution in [3.8, 4) is 11.6 Å². The number of nitrogens with one attached hydrogen (secondary N) is 2. The molecule has 1 aliphatic rings. The van der Waals surface area contributed by atoms with E-state index in [0.29, 0.717) is 24.5 Å². The number of pyridine rings is 2. The minimum absolute atomic E-state index is 0.361. The minimum atomic E-state index is 0.361. The van der Waals surface area contributed by atoms with Crippen molar-refractivity contribution in [2.24, 2.45) is 0 Å². The fraction of sp³-hybridized carbons (Fsp3) is 0.440. The summed E-state index contributed by atoms with van der Waals surface area (Å²) in [5.74, 6) is 2.25. The Hall–Kier alpha value is -2.77. The van der Waals surface area contributed by atoms with E-state index < -0.39 is 0 Å². The first-order chi connectivity index (χ1) is 16.0. The van der Waals surface area contributed by atoms with E-state index in [4.69, 9.17) is 26.1 Å². The van der Waals surface area contributed by atoms with E-state index in [0.717, 1.165) is 64.4 Å². The first kappa shape index (κ1) is 23.4. The SMILES string of the molecule is COc1cc(OC)c(CNC2CCCC(Nc3cc(N(C)C)c4cc(Cl)ccc4n3)C2)cn1. The third-order valence-electron chi connectivity index (χ3n) is 6.19. The van der Waals surface area contributed by atoms with Crippen molar-refractivity contribution in [3.63, 3.8) is 0 Å². The number of fused-ring (bicyclic) bond motifs is 1. The maximum Gasteiger partial charge on any atom is 0.216 e. The van der Waals surface area contributed by atoms with Crippen LogP contribution in [-0.2, 0) is 6.54 Å². The molecular weight excluding hydrogens is 438 g/mol. The van der Waals surface area contributed by atoms with Gasteiger partial charge in [0.05, 0.1) is 19.7 Å². The molecule has 33 heavy (non-hydrogen) atoms. The first-order valence-corrected chi connectivity index (χ1v) is 11.7. The number of aromatic nitrogens is 2. The average molecular weight is 470 g/mol. The molecule has 2 aromatic heterocycles. The van der Waals surface area contributed by atoms with Gasteiger partial charge in [-0.2, -0.15) is 0 Å². The molecule has 0 radical (unpaired) electrons. The summed E-state index contributed by atoms with van der Waals surface area (Å²) in [6.07, 6.45) is 6.29. The van der Waals surface area contributed by atoms with Crippen LogP contribution in [0.3, 0.4) is 0 Å². The van der Waals surface area contributed by atoms with Crippen LogP contribution < -0.4 is 25.0 Å². The summed E-state index contributed by atoms with van der Waals surface area (Å²) in [5, 5.41) is 9.15. The Balaban J connectivity index is 1.43. The predicted molar refractivity (Wildman–Crippen MR) is 135 cm³/mol. The van der Waals surface area contributed by atoms with Gasteiger partial charge in [0.25, 0.3) is 0 Å². The van der Waals surface area contributed by atoms with Crippen LogP contribution in [0, 0.1) is 0 Å². The highest BCUT2D eigenvalue weighted by Crippen LogP contribution is 2.31. The molecule has 1 aromatic carbocycles. The Bertz CT molecular complexity index is 1110. The van der Waals surface area contributed by atoms with Gasteiger partial charge in [0.2, 0.25) is 5.88 Å². The molecule has 1 fully saturated rings. The zero-order chi connectivity index (χ0) is 23.4. The minimum Gasteiger partial charge on any atom is -0.496 e. The zero-order valence-electron chi connectivity index (χ0n) is 19.7. The second-order valence-corrected chi connectivity index (χ2v) is 9.14. The number of methoxy groups -OCH3 is 2. The van der Waals surface area contributed by atoms with Gasteiger partial charge >= 0.3 is 0 Å². The van der Waals surface area contributed by atoms with Crippen molar-refractivity contribution in [2.75, 3.05) is 38.5 Å². The molecule has 0 spiro atoms. The van der Waals surface area contributed by atoms with E-state index in [9.17, 15) is 0 Å². The number of ether oxygens (including phenoxy) is 2. The van der Waals surface area contributed by atoms with Crippen LogP contribution >= 0.6 is 11.6 Å². The number of anilines is 2. The molecule has 2 atom stereocenters. The van der Waals surface area contributed by atoms with Gasteiger partial charge in [-0.15, -0.1) is 0 Å². The van der Waals surface area contributed by atoms with Crippen LogP contribution in [0.25, 0.3) is 10.9 Å². The molecule has 2 unspecified atom stereocenters. The Morgan fingerprint density at radius 1 is 1.09 bits per heavy atom. The molecule has 8 heteroatoms. The van der Waals surface area contributed by atoms with Crippen LogP contribution in [0.1, 0.15) is 31.2 Å². The van der Waals surface area contributed by atoms with Crippen molar-refractivity contribution < 1.29 is 9.47 Å². The van der Waals surface area contributed by atoms with E-state index in [1.165, 1.54) is 0 Å². The first-order valence-electron chi connectivity index (χ1n) is 11.3. The van der Waals surface area contributed by atoms with Crippen molar-refractivity contribution >= 4 is 34.0 Å². The summed E-state index contributed by atoms with van der Waals surface area (Å²) in [6.45, 7) is 0.706. The molecule has 0 aliphatic heterocycles. The zero-order valence-corrected chi connectivity index (χ0v) is 20.4. The lowest BCUT2D eigenvalue weighted by molar-refractivity contribution is 0.344. The highest BCUT2D eigenvalue weighted by atomic mass is 35.5. The van der Waals surface area contributed by atoms with Crippen LogP contribution in [-0.4, -0.2) is 50.4 Å². The molecule has 0 bridgehead atoms. The monoisotopic (exact) mass is 469 g/mol. The normalized spacial score (nSPS) is 18.2. The Morgan fingerprint density at radius 2 is 1.91 bits per heavy atom. The molecule has 0 amide bonds. The molecular formula is C25H32ClN5O2. The quantitative estimate of drug-likeness (QED) is 0.487. The van der Waals surface area contributed by atoms with Crippen LogP contribution in [0.15, 0.2) is 36.5 Å². The molecule has 2 N–H and O–H groups in total. The highest BCUT2D eigenvalue weighted by Gasteiger charge is 2.23. The number of rotatable bonds is 8. The van der Waals surface area contributed by atoms with Crippen LogP contribution in [0.5, 0.6) is 11.6 Å². The molecule has 2 heterocycles. The van der Waals surface area contributed by atoms with Crippen molar-refractivity contribution in [3.05, 3.63) is 47.1 Å². The van der Waals surface area contributed by atoms with Crippen LogP contribution in [0.4, 0.5) is 11.5 Å². The second kappa shape index (κ2) is 10.4. The largest absolute Gasteiger partial charge is 0.496 e. The molecule has 1 saturated carbocycles. The fourth-order valence-corrected chi connectivity index (χ4v) is 4.65. The van der Waals surface area contributed by atoms with Crippen molar-refractivity contribution in [2.45, 2.75) is 44.3 Å². The van der Waals surface area contributed by atoms with E-state index >= 15 is 0 Å². The Morgan fingerprint density at radius 3 is 2.67 bits per heavy atom. The van der Waals surface area contributed by atoms with Gasteiger partial charge in [0.15, 0.2) is 0 Å². The third kappa shape index (κ3) is 5.60. The van der Waals surface area contributed by atoms with Gasteiger partial charge in [-0.25, -0.2) is 9.97 Å². The van der Waals surface area contributed by atoms with E-state index in [-0.39, 0.29) is 0 Å². The number of hydrogen-bond acceptors (Lipinski definition) is 7. The van der Waals surface area contributed by atoms with Gasteiger partial charge < -0.3 is 25.0 Å². The summed E-state index contributed by atoms with van der Waals surface area (Å²) in [4.78, 5) is 11.3. The topological polar surface area (TPSA) is 71.5 Å². The molecule has 0 saturated heterocycles. The molecule has 7 nitrogen and oxygen atoms in total. The Labute approximate surface area is 200 Å². The lowest BCUT2D eigenvalue weighted by atomic mass is 9.90. The summed E-state index contributed by atoms with van der Waals surface area (Å²) in [7, 11) is 7.37. The molecule has 176 valence electrons. The van der Waals surface area contributed by atoms with Gasteiger partial charge in [-0.05, 0) is 43.9 Å². The van der Waals surface area contributed by atoms with E-state index in [2.05, 4.69) is 26.6 Å². The fourth-order valence-electron chi connectivity index (χ4n) is 4.48. The van der Waals surface area contributed by atoms with Gasteiger partial charge in [-0.3, -0.25) is 0 Å². The summed E-state index contributed by atoms with van der Waals surface area (Å²) < 4.78 is 10.7. The standard InChI is InChI=1S/C25H32ClN5O2/c1-31(2)22-12-24(30-21-9-8-17(26)10-20(21)22)29-19-7-5-6-18(11-19)27-14-16-15-28-25(33-4)13-23(16)32-3/h8-10,12-13,15,18-19,27H,5-7,11,14H2,1-4H3,(H,29,30). The van der Waals surface area contributed by atoms with Crippen LogP contribution in [0.2, 0.25) is 5.02 Å². The number of nitrogens with zero attached hydrogens (tertiary/aromatic N) is 3. The van der Waals surface area contributed by atoms with Gasteiger partial charge in [-0.1, -0.05) is 11.6 Å². The smallest absolute Gasteiger partial charge is 0.216 e. The van der Waals surface area contributed by atoms with Gasteiger partial charge in [0, 0.05) is 72.7 Å². The molecule has 3 aromatic rings. The highest BCUT2D eigenvalue weighted by molar-refractivity contribution is 6.31. The number of halogens is 1. The lowest BCUT2D eigenvalue weighted by Crippen LogP contribution is -2.38.